The molecule has 0 saturated carbocycles. The third-order valence-corrected chi connectivity index (χ3v) is 4.31. The van der Waals surface area contributed by atoms with Gasteiger partial charge >= 0.3 is 0 Å². The molecule has 108 valence electrons. The average molecular weight is 295 g/mol. The predicted octanol–water partition coefficient (Wildman–Crippen LogP) is -0.205. The van der Waals surface area contributed by atoms with E-state index in [0.29, 0.717) is 12.4 Å². The van der Waals surface area contributed by atoms with Crippen LogP contribution in [0.25, 0.3) is 0 Å². The van der Waals surface area contributed by atoms with Gasteiger partial charge in [-0.05, 0) is 30.7 Å². The van der Waals surface area contributed by atoms with E-state index in [9.17, 15) is 8.42 Å². The zero-order valence-corrected chi connectivity index (χ0v) is 12.0. The van der Waals surface area contributed by atoms with Gasteiger partial charge in [-0.15, -0.1) is 10.2 Å². The number of aryl methyl sites for hydroxylation is 1. The molecule has 2 rings (SSSR count). The van der Waals surface area contributed by atoms with Crippen molar-refractivity contribution in [2.24, 2.45) is 12.8 Å². The molecule has 0 unspecified atom stereocenters. The van der Waals surface area contributed by atoms with E-state index in [-0.39, 0.29) is 11.4 Å². The van der Waals surface area contributed by atoms with Gasteiger partial charge in [0, 0.05) is 7.05 Å². The van der Waals surface area contributed by atoms with E-state index in [1.165, 1.54) is 6.33 Å². The van der Waals surface area contributed by atoms with Gasteiger partial charge in [-0.2, -0.15) is 0 Å². The number of hydrogen-bond donors (Lipinski definition) is 2. The van der Waals surface area contributed by atoms with E-state index in [1.54, 1.807) is 35.9 Å². The Balaban J connectivity index is 2.08. The van der Waals surface area contributed by atoms with E-state index in [4.69, 9.17) is 5.73 Å². The van der Waals surface area contributed by atoms with Gasteiger partial charge in [-0.25, -0.2) is 13.1 Å². The van der Waals surface area contributed by atoms with Crippen LogP contribution >= 0.6 is 0 Å². The van der Waals surface area contributed by atoms with Gasteiger partial charge in [0.25, 0.3) is 0 Å². The molecule has 0 bridgehead atoms. The Hall–Kier alpha value is -1.77. The summed E-state index contributed by atoms with van der Waals surface area (Å²) in [5, 5.41) is 7.52. The summed E-state index contributed by atoms with van der Waals surface area (Å²) in [6, 6.07) is 6.68. The number of nitrogens with zero attached hydrogens (tertiary/aromatic N) is 3. The van der Waals surface area contributed by atoms with Gasteiger partial charge in [0.05, 0.1) is 11.4 Å². The summed E-state index contributed by atoms with van der Waals surface area (Å²) >= 11 is 0. The van der Waals surface area contributed by atoms with Crippen molar-refractivity contribution in [2.45, 2.75) is 17.9 Å². The minimum absolute atomic E-state index is 0.101. The summed E-state index contributed by atoms with van der Waals surface area (Å²) in [5.41, 5.74) is 6.47. The van der Waals surface area contributed by atoms with Gasteiger partial charge in [0.15, 0.2) is 0 Å². The minimum atomic E-state index is -3.55. The molecule has 0 amide bonds. The summed E-state index contributed by atoms with van der Waals surface area (Å²) in [6.45, 7) is 0.639. The summed E-state index contributed by atoms with van der Waals surface area (Å²) in [4.78, 5) is 0.223. The Morgan fingerprint density at radius 3 is 2.55 bits per heavy atom. The summed E-state index contributed by atoms with van der Waals surface area (Å²) in [7, 11) is -1.79. The third-order valence-electron chi connectivity index (χ3n) is 2.89. The lowest BCUT2D eigenvalue weighted by atomic mass is 10.2. The summed E-state index contributed by atoms with van der Waals surface area (Å²) < 4.78 is 28.4. The first-order valence-corrected chi connectivity index (χ1v) is 7.63. The fourth-order valence-electron chi connectivity index (χ4n) is 1.71. The smallest absolute Gasteiger partial charge is 0.240 e. The third kappa shape index (κ3) is 3.41. The van der Waals surface area contributed by atoms with Gasteiger partial charge in [0.2, 0.25) is 10.0 Å². The highest BCUT2D eigenvalue weighted by Crippen LogP contribution is 2.11. The van der Waals surface area contributed by atoms with Crippen molar-refractivity contribution < 1.29 is 8.42 Å². The Kier molecular flexibility index (Phi) is 4.48. The monoisotopic (exact) mass is 295 g/mol. The van der Waals surface area contributed by atoms with Crippen LogP contribution in [0.15, 0.2) is 35.5 Å². The molecular weight excluding hydrogens is 278 g/mol. The molecule has 0 spiro atoms. The van der Waals surface area contributed by atoms with Crippen LogP contribution in [0.2, 0.25) is 0 Å². The topological polar surface area (TPSA) is 103 Å². The second-order valence-corrected chi connectivity index (χ2v) is 6.13. The molecule has 0 radical (unpaired) electrons. The molecule has 0 saturated heterocycles. The molecule has 1 aromatic carbocycles. The van der Waals surface area contributed by atoms with Crippen molar-refractivity contribution in [1.29, 1.82) is 0 Å². The number of hydrogen-bond acceptors (Lipinski definition) is 5. The largest absolute Gasteiger partial charge is 0.330 e. The molecule has 0 aliphatic carbocycles. The van der Waals surface area contributed by atoms with E-state index < -0.39 is 10.0 Å². The minimum Gasteiger partial charge on any atom is -0.330 e. The molecule has 1 heterocycles. The summed E-state index contributed by atoms with van der Waals surface area (Å²) in [6.07, 6.45) is 2.25. The van der Waals surface area contributed by atoms with Crippen molar-refractivity contribution in [3.63, 3.8) is 0 Å². The first kappa shape index (κ1) is 14.6. The molecule has 0 atom stereocenters. The first-order valence-electron chi connectivity index (χ1n) is 6.14. The van der Waals surface area contributed by atoms with Crippen LogP contribution in [-0.2, 0) is 30.0 Å². The average Bonchev–Trinajstić information content (AvgIpc) is 2.83. The predicted molar refractivity (Wildman–Crippen MR) is 74.2 cm³/mol. The maximum Gasteiger partial charge on any atom is 0.240 e. The van der Waals surface area contributed by atoms with Gasteiger partial charge < -0.3 is 10.3 Å². The lowest BCUT2D eigenvalue weighted by Gasteiger charge is -2.07. The Morgan fingerprint density at radius 1 is 1.30 bits per heavy atom. The second-order valence-electron chi connectivity index (χ2n) is 4.37. The van der Waals surface area contributed by atoms with Crippen molar-refractivity contribution in [1.82, 2.24) is 19.5 Å². The lowest BCUT2D eigenvalue weighted by Crippen LogP contribution is -2.24. The molecule has 7 nitrogen and oxygen atoms in total. The number of benzene rings is 1. The molecule has 0 aliphatic rings. The maximum absolute atomic E-state index is 12.1. The zero-order valence-electron chi connectivity index (χ0n) is 11.2. The lowest BCUT2D eigenvalue weighted by molar-refractivity contribution is 0.577. The van der Waals surface area contributed by atoms with E-state index in [0.717, 1.165) is 12.0 Å². The number of nitrogens with one attached hydrogen (secondary N) is 1. The molecule has 2 aromatic rings. The molecule has 0 fully saturated rings. The highest BCUT2D eigenvalue weighted by atomic mass is 32.2. The Labute approximate surface area is 117 Å². The molecule has 8 heteroatoms. The van der Waals surface area contributed by atoms with Crippen LogP contribution in [0, 0.1) is 0 Å². The first-order chi connectivity index (χ1) is 9.53. The van der Waals surface area contributed by atoms with E-state index in [1.807, 2.05) is 0 Å². The van der Waals surface area contributed by atoms with Crippen molar-refractivity contribution in [3.8, 4) is 0 Å². The van der Waals surface area contributed by atoms with Crippen molar-refractivity contribution in [3.05, 3.63) is 42.0 Å². The molecule has 0 aliphatic heterocycles. The zero-order chi connectivity index (χ0) is 14.6. The van der Waals surface area contributed by atoms with Gasteiger partial charge in [-0.1, -0.05) is 12.1 Å². The normalized spacial score (nSPS) is 11.7. The number of aromatic nitrogens is 3. The highest BCUT2D eigenvalue weighted by molar-refractivity contribution is 7.89. The van der Waals surface area contributed by atoms with Crippen LogP contribution in [0.5, 0.6) is 0 Å². The maximum atomic E-state index is 12.1. The highest BCUT2D eigenvalue weighted by Gasteiger charge is 2.14. The Bertz CT molecular complexity index is 663. The second kappa shape index (κ2) is 6.12. The fourth-order valence-corrected chi connectivity index (χ4v) is 2.69. The van der Waals surface area contributed by atoms with E-state index >= 15 is 0 Å². The van der Waals surface area contributed by atoms with Gasteiger partial charge in [-0.3, -0.25) is 0 Å². The van der Waals surface area contributed by atoms with E-state index in [2.05, 4.69) is 14.9 Å². The number of rotatable bonds is 6. The van der Waals surface area contributed by atoms with Crippen molar-refractivity contribution >= 4 is 10.0 Å². The molecular formula is C12H17N5O2S. The number of sulfonamides is 1. The van der Waals surface area contributed by atoms with Gasteiger partial charge in [0.1, 0.15) is 12.2 Å². The summed E-state index contributed by atoms with van der Waals surface area (Å²) in [5.74, 6) is 0.549. The Morgan fingerprint density at radius 2 is 2.00 bits per heavy atom. The van der Waals surface area contributed by atoms with Crippen LogP contribution in [0.3, 0.4) is 0 Å². The quantitative estimate of drug-likeness (QED) is 0.768. The fraction of sp³-hybridized carbons (Fsp3) is 0.333. The number of nitrogens with two attached hydrogens (primary N) is 1. The molecule has 1 aromatic heterocycles. The standard InChI is InChI=1S/C12H17N5O2S/c1-17-9-14-16-12(17)8-15-20(18,19)11-4-2-10(3-5-11)6-7-13/h2-5,9,15H,6-8,13H2,1H3. The van der Waals surface area contributed by atoms with Crippen LogP contribution in [0.4, 0.5) is 0 Å². The SMILES string of the molecule is Cn1cnnc1CNS(=O)(=O)c1ccc(CCN)cc1. The molecule has 3 N–H and O–H groups in total. The van der Waals surface area contributed by atoms with Crippen LogP contribution in [-0.4, -0.2) is 29.7 Å². The van der Waals surface area contributed by atoms with Crippen LogP contribution in [0.1, 0.15) is 11.4 Å². The van der Waals surface area contributed by atoms with Crippen molar-refractivity contribution in [2.75, 3.05) is 6.54 Å². The van der Waals surface area contributed by atoms with Crippen LogP contribution < -0.4 is 10.5 Å². The molecule has 20 heavy (non-hydrogen) atoms.